The monoisotopic (exact) mass is 384 g/mol. The second-order valence-electron chi connectivity index (χ2n) is 6.65. The van der Waals surface area contributed by atoms with E-state index in [2.05, 4.69) is 20.6 Å². The topological polar surface area (TPSA) is 76.1 Å². The molecule has 6 heteroatoms. The molecule has 4 rings (SSSR count). The first-order valence-electron chi connectivity index (χ1n) is 9.22. The van der Waals surface area contributed by atoms with E-state index in [4.69, 9.17) is 4.74 Å². The average Bonchev–Trinajstić information content (AvgIpc) is 2.74. The summed E-state index contributed by atoms with van der Waals surface area (Å²) >= 11 is 0. The van der Waals surface area contributed by atoms with Crippen LogP contribution in [0.2, 0.25) is 0 Å². The summed E-state index contributed by atoms with van der Waals surface area (Å²) in [6, 6.07) is 20.7. The second kappa shape index (κ2) is 8.39. The summed E-state index contributed by atoms with van der Waals surface area (Å²) < 4.78 is 6.00. The quantitative estimate of drug-likeness (QED) is 0.498. The molecular weight excluding hydrogens is 364 g/mol. The maximum absolute atomic E-state index is 12.5. The molecule has 0 aliphatic rings. The van der Waals surface area contributed by atoms with Gasteiger partial charge in [0, 0.05) is 17.3 Å². The Morgan fingerprint density at radius 3 is 2.59 bits per heavy atom. The zero-order chi connectivity index (χ0) is 20.1. The number of rotatable bonds is 5. The molecule has 3 aromatic carbocycles. The third kappa shape index (κ3) is 4.68. The van der Waals surface area contributed by atoms with Crippen molar-refractivity contribution in [3.05, 3.63) is 90.4 Å². The molecule has 1 heterocycles. The predicted molar refractivity (Wildman–Crippen MR) is 114 cm³/mol. The molecule has 144 valence electrons. The number of hydrogen-bond acceptors (Lipinski definition) is 4. The molecule has 2 N–H and O–H groups in total. The van der Waals surface area contributed by atoms with Crippen LogP contribution in [0.5, 0.6) is 5.75 Å². The van der Waals surface area contributed by atoms with E-state index in [1.54, 1.807) is 12.3 Å². The summed E-state index contributed by atoms with van der Waals surface area (Å²) in [5.41, 5.74) is 4.13. The number of hydrogen-bond donors (Lipinski definition) is 2. The fourth-order valence-electron chi connectivity index (χ4n) is 2.88. The van der Waals surface area contributed by atoms with E-state index >= 15 is 0 Å². The number of benzene rings is 3. The molecule has 4 aromatic rings. The Balaban J connectivity index is 1.57. The minimum absolute atomic E-state index is 0.355. The van der Waals surface area contributed by atoms with Crippen molar-refractivity contribution in [2.24, 2.45) is 0 Å². The number of anilines is 2. The fourth-order valence-corrected chi connectivity index (χ4v) is 2.88. The number of amides is 2. The standard InChI is InChI=1S/C23H20N4O2/c1-16-7-9-19(10-8-16)26-23(28)27-21-12-20-18(13-24-15-25-20)11-22(21)29-14-17-5-3-2-4-6-17/h2-13,15H,14H2,1H3,(H2,26,27,28). The van der Waals surface area contributed by atoms with E-state index in [0.29, 0.717) is 23.7 Å². The Bertz CT molecular complexity index is 1130. The molecule has 0 bridgehead atoms. The lowest BCUT2D eigenvalue weighted by Crippen LogP contribution is -2.20. The number of nitrogens with zero attached hydrogens (tertiary/aromatic N) is 2. The molecule has 2 amide bonds. The predicted octanol–water partition coefficient (Wildman–Crippen LogP) is 5.16. The van der Waals surface area contributed by atoms with Crippen molar-refractivity contribution in [3.8, 4) is 5.75 Å². The van der Waals surface area contributed by atoms with E-state index < -0.39 is 0 Å². The molecule has 29 heavy (non-hydrogen) atoms. The summed E-state index contributed by atoms with van der Waals surface area (Å²) in [6.07, 6.45) is 3.19. The third-order valence-corrected chi connectivity index (χ3v) is 4.40. The molecule has 0 unspecified atom stereocenters. The van der Waals surface area contributed by atoms with Gasteiger partial charge in [0.25, 0.3) is 0 Å². The van der Waals surface area contributed by atoms with Crippen LogP contribution in [0, 0.1) is 6.92 Å². The highest BCUT2D eigenvalue weighted by molar-refractivity contribution is 6.02. The molecule has 6 nitrogen and oxygen atoms in total. The van der Waals surface area contributed by atoms with Gasteiger partial charge in [0.15, 0.2) is 0 Å². The van der Waals surface area contributed by atoms with Crippen LogP contribution in [-0.2, 0) is 6.61 Å². The molecule has 0 atom stereocenters. The Labute approximate surface area is 168 Å². The van der Waals surface area contributed by atoms with E-state index in [1.807, 2.05) is 67.6 Å². The van der Waals surface area contributed by atoms with Crippen LogP contribution in [0.4, 0.5) is 16.2 Å². The maximum atomic E-state index is 12.5. The highest BCUT2D eigenvalue weighted by Gasteiger charge is 2.11. The van der Waals surface area contributed by atoms with Crippen LogP contribution in [0.3, 0.4) is 0 Å². The largest absolute Gasteiger partial charge is 0.487 e. The second-order valence-corrected chi connectivity index (χ2v) is 6.65. The van der Waals surface area contributed by atoms with Gasteiger partial charge in [-0.3, -0.25) is 0 Å². The van der Waals surface area contributed by atoms with Crippen molar-refractivity contribution in [1.82, 2.24) is 9.97 Å². The van der Waals surface area contributed by atoms with Gasteiger partial charge in [-0.25, -0.2) is 14.8 Å². The Morgan fingerprint density at radius 1 is 1.00 bits per heavy atom. The molecular formula is C23H20N4O2. The SMILES string of the molecule is Cc1ccc(NC(=O)Nc2cc3ncncc3cc2OCc2ccccc2)cc1. The minimum Gasteiger partial charge on any atom is -0.487 e. The first kappa shape index (κ1) is 18.4. The number of aryl methyl sites for hydroxylation is 1. The Kier molecular flexibility index (Phi) is 5.33. The van der Waals surface area contributed by atoms with Crippen molar-refractivity contribution >= 4 is 28.3 Å². The van der Waals surface area contributed by atoms with Crippen LogP contribution in [0.1, 0.15) is 11.1 Å². The van der Waals surface area contributed by atoms with Crippen LogP contribution >= 0.6 is 0 Å². The molecule has 0 saturated heterocycles. The van der Waals surface area contributed by atoms with Gasteiger partial charge in [-0.15, -0.1) is 0 Å². The van der Waals surface area contributed by atoms with Gasteiger partial charge in [-0.05, 0) is 36.8 Å². The number of urea groups is 1. The van der Waals surface area contributed by atoms with Crippen molar-refractivity contribution in [3.63, 3.8) is 0 Å². The van der Waals surface area contributed by atoms with Crippen molar-refractivity contribution in [1.29, 1.82) is 0 Å². The highest BCUT2D eigenvalue weighted by atomic mass is 16.5. The fraction of sp³-hybridized carbons (Fsp3) is 0.0870. The molecule has 0 saturated carbocycles. The summed E-state index contributed by atoms with van der Waals surface area (Å²) in [4.78, 5) is 20.8. The molecule has 0 aliphatic carbocycles. The number of nitrogens with one attached hydrogen (secondary N) is 2. The van der Waals surface area contributed by atoms with Gasteiger partial charge in [-0.2, -0.15) is 0 Å². The summed E-state index contributed by atoms with van der Waals surface area (Å²) in [7, 11) is 0. The Hall–Kier alpha value is -3.93. The molecule has 0 radical (unpaired) electrons. The number of carbonyl (C=O) groups is 1. The van der Waals surface area contributed by atoms with Gasteiger partial charge in [-0.1, -0.05) is 48.0 Å². The summed E-state index contributed by atoms with van der Waals surface area (Å²) in [6.45, 7) is 2.38. The van der Waals surface area contributed by atoms with E-state index in [9.17, 15) is 4.79 Å². The molecule has 0 fully saturated rings. The first-order valence-corrected chi connectivity index (χ1v) is 9.22. The first-order chi connectivity index (χ1) is 14.2. The normalized spacial score (nSPS) is 10.5. The smallest absolute Gasteiger partial charge is 0.323 e. The summed E-state index contributed by atoms with van der Waals surface area (Å²) in [5.74, 6) is 0.551. The van der Waals surface area contributed by atoms with Gasteiger partial charge < -0.3 is 15.4 Å². The van der Waals surface area contributed by atoms with Gasteiger partial charge in [0.1, 0.15) is 18.7 Å². The highest BCUT2D eigenvalue weighted by Crippen LogP contribution is 2.30. The zero-order valence-electron chi connectivity index (χ0n) is 15.9. The van der Waals surface area contributed by atoms with Crippen molar-refractivity contribution in [2.45, 2.75) is 13.5 Å². The zero-order valence-corrected chi connectivity index (χ0v) is 15.9. The lowest BCUT2D eigenvalue weighted by atomic mass is 10.2. The third-order valence-electron chi connectivity index (χ3n) is 4.40. The van der Waals surface area contributed by atoms with Crippen LogP contribution < -0.4 is 15.4 Å². The van der Waals surface area contributed by atoms with Gasteiger partial charge >= 0.3 is 6.03 Å². The van der Waals surface area contributed by atoms with Crippen LogP contribution in [0.25, 0.3) is 10.9 Å². The van der Waals surface area contributed by atoms with E-state index in [-0.39, 0.29) is 6.03 Å². The Morgan fingerprint density at radius 2 is 1.79 bits per heavy atom. The lowest BCUT2D eigenvalue weighted by molar-refractivity contribution is 0.261. The molecule has 1 aromatic heterocycles. The van der Waals surface area contributed by atoms with Gasteiger partial charge in [0.05, 0.1) is 11.2 Å². The van der Waals surface area contributed by atoms with E-state index in [1.165, 1.54) is 6.33 Å². The minimum atomic E-state index is -0.355. The maximum Gasteiger partial charge on any atom is 0.323 e. The number of ether oxygens (including phenoxy) is 1. The number of aromatic nitrogens is 2. The summed E-state index contributed by atoms with van der Waals surface area (Å²) in [5, 5.41) is 6.53. The molecule has 0 spiro atoms. The average molecular weight is 384 g/mol. The lowest BCUT2D eigenvalue weighted by Gasteiger charge is -2.14. The van der Waals surface area contributed by atoms with E-state index in [0.717, 1.165) is 22.0 Å². The van der Waals surface area contributed by atoms with Gasteiger partial charge in [0.2, 0.25) is 0 Å². The number of carbonyl (C=O) groups excluding carboxylic acids is 1. The van der Waals surface area contributed by atoms with Crippen LogP contribution in [-0.4, -0.2) is 16.0 Å². The molecule has 0 aliphatic heterocycles. The van der Waals surface area contributed by atoms with Crippen LogP contribution in [0.15, 0.2) is 79.3 Å². The van der Waals surface area contributed by atoms with Crippen molar-refractivity contribution in [2.75, 3.05) is 10.6 Å². The van der Waals surface area contributed by atoms with Crippen molar-refractivity contribution < 1.29 is 9.53 Å². The number of fused-ring (bicyclic) bond motifs is 1.